The standard InChI is InChI=1S/C12H19ClO/c13-12-9-7-5-3-1-2-4-6-8-11(12)10-14/h10H,1-9H2/b12-11-. The lowest BCUT2D eigenvalue weighted by Gasteiger charge is -2.02. The van der Waals surface area contributed by atoms with Crippen molar-refractivity contribution >= 4 is 17.9 Å². The average molecular weight is 215 g/mol. The molecule has 0 aromatic carbocycles. The summed E-state index contributed by atoms with van der Waals surface area (Å²) in [6.45, 7) is 0. The molecule has 0 bridgehead atoms. The van der Waals surface area contributed by atoms with E-state index in [1.165, 1.54) is 32.1 Å². The number of aldehydes is 1. The summed E-state index contributed by atoms with van der Waals surface area (Å²) in [4.78, 5) is 10.8. The van der Waals surface area contributed by atoms with Gasteiger partial charge in [0, 0.05) is 10.6 Å². The van der Waals surface area contributed by atoms with Crippen LogP contribution in [0.3, 0.4) is 0 Å². The van der Waals surface area contributed by atoms with Crippen LogP contribution in [-0.4, -0.2) is 6.29 Å². The van der Waals surface area contributed by atoms with Gasteiger partial charge in [-0.15, -0.1) is 0 Å². The first-order chi connectivity index (χ1) is 6.84. The van der Waals surface area contributed by atoms with Gasteiger partial charge in [0.05, 0.1) is 0 Å². The smallest absolute Gasteiger partial charge is 0.147 e. The van der Waals surface area contributed by atoms with Crippen LogP contribution >= 0.6 is 11.6 Å². The van der Waals surface area contributed by atoms with Crippen molar-refractivity contribution < 1.29 is 4.79 Å². The van der Waals surface area contributed by atoms with E-state index in [1.807, 2.05) is 0 Å². The van der Waals surface area contributed by atoms with Crippen molar-refractivity contribution in [2.24, 2.45) is 0 Å². The van der Waals surface area contributed by atoms with E-state index in [4.69, 9.17) is 11.6 Å². The minimum Gasteiger partial charge on any atom is -0.298 e. The molecule has 0 saturated heterocycles. The molecule has 0 heterocycles. The summed E-state index contributed by atoms with van der Waals surface area (Å²) in [5, 5.41) is 0.807. The quantitative estimate of drug-likeness (QED) is 0.598. The second-order valence-corrected chi connectivity index (χ2v) is 4.48. The zero-order valence-electron chi connectivity index (χ0n) is 8.73. The molecule has 0 unspecified atom stereocenters. The number of carbonyl (C=O) groups is 1. The fourth-order valence-corrected chi connectivity index (χ4v) is 2.17. The Balaban J connectivity index is 2.52. The summed E-state index contributed by atoms with van der Waals surface area (Å²) < 4.78 is 0. The fourth-order valence-electron chi connectivity index (χ4n) is 1.90. The minimum absolute atomic E-state index is 0.807. The third kappa shape index (κ3) is 4.28. The first-order valence-corrected chi connectivity index (χ1v) is 6.05. The maximum Gasteiger partial charge on any atom is 0.147 e. The van der Waals surface area contributed by atoms with Crippen LogP contribution in [0.2, 0.25) is 0 Å². The van der Waals surface area contributed by atoms with Gasteiger partial charge in [0.2, 0.25) is 0 Å². The lowest BCUT2D eigenvalue weighted by atomic mass is 10.1. The Hall–Kier alpha value is -0.300. The van der Waals surface area contributed by atoms with Crippen molar-refractivity contribution in [3.05, 3.63) is 10.6 Å². The Morgan fingerprint density at radius 2 is 1.36 bits per heavy atom. The second kappa shape index (κ2) is 7.05. The SMILES string of the molecule is O=C/C1=C(\Cl)CCCCCCCCC1. The van der Waals surface area contributed by atoms with E-state index in [-0.39, 0.29) is 0 Å². The summed E-state index contributed by atoms with van der Waals surface area (Å²) >= 11 is 6.09. The highest BCUT2D eigenvalue weighted by Gasteiger charge is 2.05. The summed E-state index contributed by atoms with van der Waals surface area (Å²) in [7, 11) is 0. The van der Waals surface area contributed by atoms with E-state index >= 15 is 0 Å². The van der Waals surface area contributed by atoms with E-state index < -0.39 is 0 Å². The third-order valence-corrected chi connectivity index (χ3v) is 3.26. The molecule has 0 amide bonds. The molecule has 80 valence electrons. The van der Waals surface area contributed by atoms with E-state index in [9.17, 15) is 4.79 Å². The zero-order valence-corrected chi connectivity index (χ0v) is 9.48. The van der Waals surface area contributed by atoms with E-state index in [0.29, 0.717) is 0 Å². The van der Waals surface area contributed by atoms with Crippen LogP contribution in [0, 0.1) is 0 Å². The van der Waals surface area contributed by atoms with Gasteiger partial charge in [-0.05, 0) is 25.7 Å². The van der Waals surface area contributed by atoms with E-state index in [2.05, 4.69) is 0 Å². The Morgan fingerprint density at radius 1 is 0.857 bits per heavy atom. The lowest BCUT2D eigenvalue weighted by molar-refractivity contribution is -0.105. The van der Waals surface area contributed by atoms with Crippen LogP contribution in [0.4, 0.5) is 0 Å². The van der Waals surface area contributed by atoms with Crippen LogP contribution in [0.25, 0.3) is 0 Å². The normalized spacial score (nSPS) is 26.6. The Labute approximate surface area is 91.5 Å². The molecular weight excluding hydrogens is 196 g/mol. The Morgan fingerprint density at radius 3 is 1.93 bits per heavy atom. The van der Waals surface area contributed by atoms with Gasteiger partial charge >= 0.3 is 0 Å². The van der Waals surface area contributed by atoms with E-state index in [0.717, 1.165) is 42.6 Å². The van der Waals surface area contributed by atoms with Gasteiger partial charge in [-0.3, -0.25) is 4.79 Å². The maximum absolute atomic E-state index is 10.8. The molecule has 0 aromatic rings. The molecule has 0 fully saturated rings. The molecule has 0 atom stereocenters. The highest BCUT2D eigenvalue weighted by molar-refractivity contribution is 6.31. The fraction of sp³-hybridized carbons (Fsp3) is 0.750. The van der Waals surface area contributed by atoms with Crippen molar-refractivity contribution in [3.63, 3.8) is 0 Å². The van der Waals surface area contributed by atoms with Crippen molar-refractivity contribution in [3.8, 4) is 0 Å². The predicted octanol–water partition coefficient (Wildman–Crippen LogP) is 4.20. The van der Waals surface area contributed by atoms with Crippen LogP contribution in [0.5, 0.6) is 0 Å². The van der Waals surface area contributed by atoms with E-state index in [1.54, 1.807) is 0 Å². The number of rotatable bonds is 1. The van der Waals surface area contributed by atoms with Crippen LogP contribution in [0.1, 0.15) is 57.8 Å². The van der Waals surface area contributed by atoms with Gasteiger partial charge in [0.25, 0.3) is 0 Å². The third-order valence-electron chi connectivity index (χ3n) is 2.83. The number of hydrogen-bond acceptors (Lipinski definition) is 1. The lowest BCUT2D eigenvalue weighted by Crippen LogP contribution is -1.90. The molecule has 0 aliphatic heterocycles. The molecule has 0 spiro atoms. The number of hydrogen-bond donors (Lipinski definition) is 0. The van der Waals surface area contributed by atoms with Gasteiger partial charge in [0.1, 0.15) is 6.29 Å². The molecule has 2 heteroatoms. The predicted molar refractivity (Wildman–Crippen MR) is 60.5 cm³/mol. The molecular formula is C12H19ClO. The molecule has 1 aliphatic carbocycles. The van der Waals surface area contributed by atoms with Crippen molar-refractivity contribution in [1.82, 2.24) is 0 Å². The van der Waals surface area contributed by atoms with Gasteiger partial charge in [0.15, 0.2) is 0 Å². The van der Waals surface area contributed by atoms with Crippen LogP contribution < -0.4 is 0 Å². The number of halogens is 1. The highest BCUT2D eigenvalue weighted by Crippen LogP contribution is 2.23. The van der Waals surface area contributed by atoms with Crippen LogP contribution in [-0.2, 0) is 4.79 Å². The Bertz CT molecular complexity index is 208. The molecule has 1 nitrogen and oxygen atoms in total. The molecule has 0 N–H and O–H groups in total. The van der Waals surface area contributed by atoms with Crippen LogP contribution in [0.15, 0.2) is 10.6 Å². The summed E-state index contributed by atoms with van der Waals surface area (Å²) in [6.07, 6.45) is 11.4. The minimum atomic E-state index is 0.807. The zero-order chi connectivity index (χ0) is 10.2. The van der Waals surface area contributed by atoms with Gasteiger partial charge < -0.3 is 0 Å². The van der Waals surface area contributed by atoms with Gasteiger partial charge in [-0.2, -0.15) is 0 Å². The first kappa shape index (κ1) is 11.8. The van der Waals surface area contributed by atoms with Gasteiger partial charge in [-0.25, -0.2) is 0 Å². The molecule has 0 radical (unpaired) electrons. The summed E-state index contributed by atoms with van der Waals surface area (Å²) in [5.74, 6) is 0. The average Bonchev–Trinajstić information content (AvgIpc) is 2.24. The highest BCUT2D eigenvalue weighted by atomic mass is 35.5. The topological polar surface area (TPSA) is 17.1 Å². The van der Waals surface area contributed by atoms with Crippen molar-refractivity contribution in [2.75, 3.05) is 0 Å². The monoisotopic (exact) mass is 214 g/mol. The molecule has 0 aromatic heterocycles. The number of allylic oxidation sites excluding steroid dienone is 2. The molecule has 1 rings (SSSR count). The number of carbonyl (C=O) groups excluding carboxylic acids is 1. The molecule has 0 saturated carbocycles. The van der Waals surface area contributed by atoms with Crippen molar-refractivity contribution in [1.29, 1.82) is 0 Å². The first-order valence-electron chi connectivity index (χ1n) is 5.67. The maximum atomic E-state index is 10.8. The largest absolute Gasteiger partial charge is 0.298 e. The second-order valence-electron chi connectivity index (χ2n) is 4.02. The molecule has 14 heavy (non-hydrogen) atoms. The summed E-state index contributed by atoms with van der Waals surface area (Å²) in [5.41, 5.74) is 0.841. The summed E-state index contributed by atoms with van der Waals surface area (Å²) in [6, 6.07) is 0. The Kier molecular flexibility index (Phi) is 5.93. The van der Waals surface area contributed by atoms with Crippen molar-refractivity contribution in [2.45, 2.75) is 57.8 Å². The van der Waals surface area contributed by atoms with Gasteiger partial charge in [-0.1, -0.05) is 43.7 Å². The molecule has 1 aliphatic rings.